The molecule has 0 aliphatic carbocycles. The molecule has 1 aromatic heterocycles. The lowest BCUT2D eigenvalue weighted by Crippen LogP contribution is -2.07. The van der Waals surface area contributed by atoms with Crippen molar-refractivity contribution in [3.05, 3.63) is 11.5 Å². The van der Waals surface area contributed by atoms with Gasteiger partial charge in [0.1, 0.15) is 0 Å². The largest absolute Gasteiger partial charge is 0.272 e. The highest BCUT2D eigenvalue weighted by atomic mass is 32.2. The van der Waals surface area contributed by atoms with E-state index >= 15 is 0 Å². The molecule has 0 saturated heterocycles. The Hall–Kier alpha value is -1.05. The SMILES string of the molecule is CCn1nnnc1S/C=C/C(F)C(F)F. The van der Waals surface area contributed by atoms with Gasteiger partial charge >= 0.3 is 0 Å². The number of allylic oxidation sites excluding steroid dienone is 1. The van der Waals surface area contributed by atoms with E-state index in [2.05, 4.69) is 15.5 Å². The molecule has 1 rings (SSSR count). The molecule has 0 aromatic carbocycles. The van der Waals surface area contributed by atoms with Crippen LogP contribution in [0.15, 0.2) is 16.6 Å². The number of alkyl halides is 3. The lowest BCUT2D eigenvalue weighted by atomic mass is 10.4. The van der Waals surface area contributed by atoms with Gasteiger partial charge in [-0.15, -0.1) is 5.10 Å². The van der Waals surface area contributed by atoms with E-state index in [1.807, 2.05) is 6.92 Å². The first-order chi connectivity index (χ1) is 7.15. The van der Waals surface area contributed by atoms with E-state index in [0.717, 1.165) is 17.8 Å². The van der Waals surface area contributed by atoms with Crippen molar-refractivity contribution < 1.29 is 13.2 Å². The number of hydrogen-bond donors (Lipinski definition) is 0. The highest BCUT2D eigenvalue weighted by Crippen LogP contribution is 2.16. The van der Waals surface area contributed by atoms with Gasteiger partial charge in [0.25, 0.3) is 6.43 Å². The first-order valence-corrected chi connectivity index (χ1v) is 5.04. The van der Waals surface area contributed by atoms with Gasteiger partial charge in [0.05, 0.1) is 0 Å². The summed E-state index contributed by atoms with van der Waals surface area (Å²) in [6.07, 6.45) is -4.46. The maximum Gasteiger partial charge on any atom is 0.272 e. The Morgan fingerprint density at radius 2 is 2.20 bits per heavy atom. The van der Waals surface area contributed by atoms with Crippen molar-refractivity contribution >= 4 is 11.8 Å². The topological polar surface area (TPSA) is 43.6 Å². The van der Waals surface area contributed by atoms with E-state index in [1.54, 1.807) is 0 Å². The molecule has 0 aliphatic rings. The molecule has 0 saturated carbocycles. The average Bonchev–Trinajstić information content (AvgIpc) is 2.65. The first-order valence-electron chi connectivity index (χ1n) is 4.17. The molecule has 8 heteroatoms. The standard InChI is InChI=1S/C7H9F3N4S/c1-2-14-7(11-12-13-14)15-4-3-5(8)6(9)10/h3-6H,2H2,1H3/b4-3+. The molecule has 0 fully saturated rings. The number of tetrazole rings is 1. The lowest BCUT2D eigenvalue weighted by molar-refractivity contribution is 0.0751. The molecule has 84 valence electrons. The van der Waals surface area contributed by atoms with E-state index in [-0.39, 0.29) is 0 Å². The van der Waals surface area contributed by atoms with Crippen LogP contribution in [0, 0.1) is 0 Å². The molecule has 4 nitrogen and oxygen atoms in total. The Balaban J connectivity index is 2.50. The Bertz CT molecular complexity index is 328. The van der Waals surface area contributed by atoms with Crippen LogP contribution in [-0.4, -0.2) is 32.8 Å². The smallest absolute Gasteiger partial charge is 0.237 e. The monoisotopic (exact) mass is 238 g/mol. The van der Waals surface area contributed by atoms with Gasteiger partial charge in [-0.05, 0) is 28.8 Å². The summed E-state index contributed by atoms with van der Waals surface area (Å²) in [5.74, 6) is 0. The van der Waals surface area contributed by atoms with E-state index < -0.39 is 12.6 Å². The number of halogens is 3. The first kappa shape index (κ1) is 12.0. The number of aryl methyl sites for hydroxylation is 1. The van der Waals surface area contributed by atoms with Gasteiger partial charge in [-0.1, -0.05) is 11.8 Å². The molecule has 0 N–H and O–H groups in total. The van der Waals surface area contributed by atoms with Crippen molar-refractivity contribution in [3.8, 4) is 0 Å². The second-order valence-corrected chi connectivity index (χ2v) is 3.38. The van der Waals surface area contributed by atoms with Crippen LogP contribution in [0.2, 0.25) is 0 Å². The second-order valence-electron chi connectivity index (χ2n) is 2.50. The third-order valence-electron chi connectivity index (χ3n) is 1.48. The predicted octanol–water partition coefficient (Wildman–Crippen LogP) is 1.90. The fourth-order valence-corrected chi connectivity index (χ4v) is 1.46. The second kappa shape index (κ2) is 5.74. The number of hydrogen-bond acceptors (Lipinski definition) is 4. The van der Waals surface area contributed by atoms with Crippen molar-refractivity contribution in [2.75, 3.05) is 0 Å². The van der Waals surface area contributed by atoms with E-state index in [4.69, 9.17) is 0 Å². The fourth-order valence-electron chi connectivity index (χ4n) is 0.739. The molecule has 1 aromatic rings. The Morgan fingerprint density at radius 1 is 1.47 bits per heavy atom. The van der Waals surface area contributed by atoms with Gasteiger partial charge in [-0.3, -0.25) is 0 Å². The zero-order chi connectivity index (χ0) is 11.3. The van der Waals surface area contributed by atoms with Crippen molar-refractivity contribution in [2.24, 2.45) is 0 Å². The molecular formula is C7H9F3N4S. The van der Waals surface area contributed by atoms with Gasteiger partial charge in [-0.25, -0.2) is 17.9 Å². The van der Waals surface area contributed by atoms with Crippen LogP contribution in [0.5, 0.6) is 0 Å². The average molecular weight is 238 g/mol. The van der Waals surface area contributed by atoms with E-state index in [0.29, 0.717) is 11.7 Å². The van der Waals surface area contributed by atoms with E-state index in [9.17, 15) is 13.2 Å². The van der Waals surface area contributed by atoms with Crippen molar-refractivity contribution in [3.63, 3.8) is 0 Å². The summed E-state index contributed by atoms with van der Waals surface area (Å²) in [6, 6.07) is 0. The van der Waals surface area contributed by atoms with Gasteiger partial charge < -0.3 is 0 Å². The quantitative estimate of drug-likeness (QED) is 0.735. The molecular weight excluding hydrogens is 229 g/mol. The molecule has 0 radical (unpaired) electrons. The lowest BCUT2D eigenvalue weighted by Gasteiger charge is -1.99. The van der Waals surface area contributed by atoms with Crippen LogP contribution >= 0.6 is 11.8 Å². The van der Waals surface area contributed by atoms with E-state index in [1.165, 1.54) is 10.1 Å². The van der Waals surface area contributed by atoms with Crippen LogP contribution in [0.25, 0.3) is 0 Å². The van der Waals surface area contributed by atoms with Crippen molar-refractivity contribution in [2.45, 2.75) is 31.2 Å². The Kier molecular flexibility index (Phi) is 4.60. The summed E-state index contributed by atoms with van der Waals surface area (Å²) in [6.45, 7) is 2.40. The Labute approximate surface area is 88.5 Å². The van der Waals surface area contributed by atoms with Gasteiger partial charge in [0.15, 0.2) is 6.17 Å². The van der Waals surface area contributed by atoms with Gasteiger partial charge in [0, 0.05) is 6.54 Å². The maximum absolute atomic E-state index is 12.4. The van der Waals surface area contributed by atoms with Crippen molar-refractivity contribution in [1.29, 1.82) is 0 Å². The molecule has 0 aliphatic heterocycles. The summed E-state index contributed by atoms with van der Waals surface area (Å²) in [7, 11) is 0. The molecule has 1 unspecified atom stereocenters. The highest BCUT2D eigenvalue weighted by molar-refractivity contribution is 8.02. The van der Waals surface area contributed by atoms with Crippen LogP contribution in [0.4, 0.5) is 13.2 Å². The minimum absolute atomic E-state index is 0.440. The summed E-state index contributed by atoms with van der Waals surface area (Å²) >= 11 is 0.997. The zero-order valence-corrected chi connectivity index (χ0v) is 8.66. The summed E-state index contributed by atoms with van der Waals surface area (Å²) in [4.78, 5) is 0. The fraction of sp³-hybridized carbons (Fsp3) is 0.571. The van der Waals surface area contributed by atoms with Gasteiger partial charge in [0.2, 0.25) is 5.16 Å². The number of rotatable bonds is 5. The maximum atomic E-state index is 12.4. The minimum atomic E-state index is -3.00. The van der Waals surface area contributed by atoms with Crippen LogP contribution < -0.4 is 0 Å². The van der Waals surface area contributed by atoms with Crippen LogP contribution in [0.1, 0.15) is 6.92 Å². The summed E-state index contributed by atoms with van der Waals surface area (Å²) in [5, 5.41) is 12.3. The number of nitrogens with zero attached hydrogens (tertiary/aromatic N) is 4. The third kappa shape index (κ3) is 3.54. The molecule has 0 amide bonds. The normalized spacial score (nSPS) is 13.9. The molecule has 0 spiro atoms. The summed E-state index contributed by atoms with van der Waals surface area (Å²) < 4.78 is 37.4. The molecule has 15 heavy (non-hydrogen) atoms. The molecule has 1 heterocycles. The molecule has 0 bridgehead atoms. The predicted molar refractivity (Wildman–Crippen MR) is 49.4 cm³/mol. The zero-order valence-electron chi connectivity index (χ0n) is 7.85. The van der Waals surface area contributed by atoms with Crippen molar-refractivity contribution in [1.82, 2.24) is 20.2 Å². The van der Waals surface area contributed by atoms with Gasteiger partial charge in [-0.2, -0.15) is 0 Å². The third-order valence-corrected chi connectivity index (χ3v) is 2.27. The molecule has 1 atom stereocenters. The number of aromatic nitrogens is 4. The van der Waals surface area contributed by atoms with Crippen LogP contribution in [-0.2, 0) is 6.54 Å². The van der Waals surface area contributed by atoms with Crippen LogP contribution in [0.3, 0.4) is 0 Å². The highest BCUT2D eigenvalue weighted by Gasteiger charge is 2.15. The minimum Gasteiger partial charge on any atom is -0.237 e. The Morgan fingerprint density at radius 3 is 2.80 bits per heavy atom. The number of thioether (sulfide) groups is 1. The summed E-state index contributed by atoms with van der Waals surface area (Å²) in [5.41, 5.74) is 0.